The van der Waals surface area contributed by atoms with Crippen LogP contribution in [0.5, 0.6) is 0 Å². The van der Waals surface area contributed by atoms with Gasteiger partial charge in [0.25, 0.3) is 0 Å². The van der Waals surface area contributed by atoms with Gasteiger partial charge in [-0.2, -0.15) is 0 Å². The number of halogens is 2. The molecule has 0 N–H and O–H groups in total. The lowest BCUT2D eigenvalue weighted by molar-refractivity contribution is 0.0736. The molecule has 0 aliphatic carbocycles. The Morgan fingerprint density at radius 3 is 2.85 bits per heavy atom. The minimum absolute atomic E-state index is 0.165. The predicted octanol–water partition coefficient (Wildman–Crippen LogP) is 4.73. The highest BCUT2D eigenvalue weighted by Gasteiger charge is 2.28. The van der Waals surface area contributed by atoms with Gasteiger partial charge in [-0.1, -0.05) is 17.7 Å². The number of alkyl halides is 1. The van der Waals surface area contributed by atoms with Crippen LogP contribution in [0, 0.1) is 0 Å². The molecule has 1 aliphatic heterocycles. The minimum Gasteiger partial charge on any atom is -0.376 e. The number of imidazole rings is 1. The Bertz CT molecular complexity index is 618. The summed E-state index contributed by atoms with van der Waals surface area (Å²) in [6, 6.07) is 5.97. The summed E-state index contributed by atoms with van der Waals surface area (Å²) in [5, 5.41) is 0.547. The van der Waals surface area contributed by atoms with Crippen molar-refractivity contribution in [3.63, 3.8) is 0 Å². The topological polar surface area (TPSA) is 27.1 Å². The number of ether oxygens (including phenoxy) is 1. The monoisotopic (exact) mass is 312 g/mol. The number of rotatable bonds is 3. The lowest BCUT2D eigenvalue weighted by atomic mass is 10.1. The number of nitrogens with zero attached hydrogens (tertiary/aromatic N) is 2. The van der Waals surface area contributed by atoms with Crippen molar-refractivity contribution in [2.24, 2.45) is 0 Å². The van der Waals surface area contributed by atoms with Crippen LogP contribution in [0.25, 0.3) is 11.0 Å². The Hall–Kier alpha value is -0.770. The number of hydrogen-bond acceptors (Lipinski definition) is 2. The molecule has 2 aromatic rings. The van der Waals surface area contributed by atoms with Crippen LogP contribution >= 0.6 is 23.2 Å². The minimum atomic E-state index is -0.165. The molecule has 3 rings (SSSR count). The fourth-order valence-electron chi connectivity index (χ4n) is 2.97. The van der Waals surface area contributed by atoms with Crippen LogP contribution in [0.15, 0.2) is 18.2 Å². The third-order valence-electron chi connectivity index (χ3n) is 3.95. The highest BCUT2D eigenvalue weighted by Crippen LogP contribution is 2.35. The van der Waals surface area contributed by atoms with Crippen molar-refractivity contribution in [3.05, 3.63) is 29.0 Å². The zero-order valence-electron chi connectivity index (χ0n) is 11.6. The van der Waals surface area contributed by atoms with Crippen LogP contribution in [0.1, 0.15) is 43.9 Å². The van der Waals surface area contributed by atoms with Crippen molar-refractivity contribution in [2.75, 3.05) is 6.61 Å². The van der Waals surface area contributed by atoms with Crippen LogP contribution < -0.4 is 0 Å². The molecule has 1 aromatic heterocycles. The molecule has 1 aliphatic rings. The highest BCUT2D eigenvalue weighted by atomic mass is 35.5. The average Bonchev–Trinajstić information content (AvgIpc) is 3.06. The summed E-state index contributed by atoms with van der Waals surface area (Å²) in [7, 11) is 0. The van der Waals surface area contributed by atoms with E-state index in [0.29, 0.717) is 5.02 Å². The number of fused-ring (bicyclic) bond motifs is 1. The predicted molar refractivity (Wildman–Crippen MR) is 82.7 cm³/mol. The Balaban J connectivity index is 2.17. The summed E-state index contributed by atoms with van der Waals surface area (Å²) in [5.74, 6) is 0.859. The molecular weight excluding hydrogens is 295 g/mol. The fourth-order valence-corrected chi connectivity index (χ4v) is 3.38. The third-order valence-corrected chi connectivity index (χ3v) is 4.45. The quantitative estimate of drug-likeness (QED) is 0.766. The Kier molecular flexibility index (Phi) is 3.93. The second kappa shape index (κ2) is 5.55. The first-order chi connectivity index (χ1) is 9.59. The molecule has 0 radical (unpaired) electrons. The van der Waals surface area contributed by atoms with Gasteiger partial charge >= 0.3 is 0 Å². The number of benzene rings is 1. The molecule has 0 saturated carbocycles. The van der Waals surface area contributed by atoms with Gasteiger partial charge in [0.15, 0.2) is 0 Å². The maximum atomic E-state index is 6.39. The van der Waals surface area contributed by atoms with Crippen LogP contribution in [-0.4, -0.2) is 22.3 Å². The van der Waals surface area contributed by atoms with Crippen molar-refractivity contribution in [1.29, 1.82) is 0 Å². The maximum absolute atomic E-state index is 6.39. The van der Waals surface area contributed by atoms with Gasteiger partial charge in [-0.05, 0) is 38.8 Å². The van der Waals surface area contributed by atoms with Crippen molar-refractivity contribution < 1.29 is 4.74 Å². The van der Waals surface area contributed by atoms with E-state index in [4.69, 9.17) is 27.9 Å². The van der Waals surface area contributed by atoms with Gasteiger partial charge in [0.05, 0.1) is 33.6 Å². The second-order valence-electron chi connectivity index (χ2n) is 5.36. The first-order valence-electron chi connectivity index (χ1n) is 7.01. The van der Waals surface area contributed by atoms with Gasteiger partial charge in [-0.25, -0.2) is 4.98 Å². The van der Waals surface area contributed by atoms with Crippen LogP contribution in [0.2, 0.25) is 5.02 Å². The van der Waals surface area contributed by atoms with Crippen molar-refractivity contribution >= 4 is 34.2 Å². The van der Waals surface area contributed by atoms with E-state index in [9.17, 15) is 0 Å². The molecule has 0 spiro atoms. The average molecular weight is 313 g/mol. The second-order valence-corrected chi connectivity index (χ2v) is 6.42. The van der Waals surface area contributed by atoms with Gasteiger partial charge < -0.3 is 9.30 Å². The van der Waals surface area contributed by atoms with Crippen LogP contribution in [0.3, 0.4) is 0 Å². The van der Waals surface area contributed by atoms with Crippen molar-refractivity contribution in [1.82, 2.24) is 9.55 Å². The molecule has 1 saturated heterocycles. The lowest BCUT2D eigenvalue weighted by Crippen LogP contribution is -2.22. The first kappa shape index (κ1) is 14.2. The van der Waals surface area contributed by atoms with E-state index in [1.54, 1.807) is 0 Å². The zero-order chi connectivity index (χ0) is 14.3. The summed E-state index contributed by atoms with van der Waals surface area (Å²) >= 11 is 12.7. The van der Waals surface area contributed by atoms with E-state index in [0.717, 1.165) is 36.3 Å². The fraction of sp³-hybridized carbons (Fsp3) is 0.533. The van der Waals surface area contributed by atoms with Crippen molar-refractivity contribution in [3.8, 4) is 0 Å². The molecule has 2 heterocycles. The third kappa shape index (κ3) is 2.32. The molecular formula is C15H18Cl2N2O. The van der Waals surface area contributed by atoms with E-state index in [2.05, 4.69) is 16.5 Å². The summed E-state index contributed by atoms with van der Waals surface area (Å²) in [6.07, 6.45) is 2.39. The molecule has 108 valence electrons. The summed E-state index contributed by atoms with van der Waals surface area (Å²) in [6.45, 7) is 4.93. The maximum Gasteiger partial charge on any atom is 0.128 e. The lowest BCUT2D eigenvalue weighted by Gasteiger charge is -2.24. The van der Waals surface area contributed by atoms with E-state index >= 15 is 0 Å². The van der Waals surface area contributed by atoms with Crippen LogP contribution in [0.4, 0.5) is 0 Å². The normalized spacial score (nSPS) is 22.3. The molecule has 1 fully saturated rings. The van der Waals surface area contributed by atoms with E-state index in [1.807, 2.05) is 25.1 Å². The van der Waals surface area contributed by atoms with Gasteiger partial charge in [0.2, 0.25) is 0 Å². The van der Waals surface area contributed by atoms with Gasteiger partial charge in [-0.15, -0.1) is 11.6 Å². The van der Waals surface area contributed by atoms with Crippen LogP contribution in [-0.2, 0) is 4.74 Å². The Morgan fingerprint density at radius 1 is 1.40 bits per heavy atom. The summed E-state index contributed by atoms with van der Waals surface area (Å²) < 4.78 is 7.99. The summed E-state index contributed by atoms with van der Waals surface area (Å²) in [4.78, 5) is 4.66. The largest absolute Gasteiger partial charge is 0.376 e. The Morgan fingerprint density at radius 2 is 2.20 bits per heavy atom. The standard InChI is InChI=1S/C15H18Cl2N2O/c1-9(16)15-18-12-6-3-5-11(17)14(12)19(15)10(2)13-7-4-8-20-13/h3,5-6,9-10,13H,4,7-8H2,1-2H3. The van der Waals surface area contributed by atoms with Gasteiger partial charge in [-0.3, -0.25) is 0 Å². The highest BCUT2D eigenvalue weighted by molar-refractivity contribution is 6.35. The number of hydrogen-bond donors (Lipinski definition) is 0. The molecule has 5 heteroatoms. The molecule has 0 amide bonds. The zero-order valence-corrected chi connectivity index (χ0v) is 13.2. The van der Waals surface area contributed by atoms with Gasteiger partial charge in [0.1, 0.15) is 5.82 Å². The molecule has 3 nitrogen and oxygen atoms in total. The molecule has 3 atom stereocenters. The van der Waals surface area contributed by atoms with E-state index < -0.39 is 0 Å². The SMILES string of the molecule is CC(Cl)c1nc2cccc(Cl)c2n1C(C)C1CCCO1. The summed E-state index contributed by atoms with van der Waals surface area (Å²) in [5.41, 5.74) is 1.85. The van der Waals surface area contributed by atoms with Crippen molar-refractivity contribution in [2.45, 2.75) is 44.2 Å². The molecule has 3 unspecified atom stereocenters. The molecule has 0 bridgehead atoms. The smallest absolute Gasteiger partial charge is 0.128 e. The number of aromatic nitrogens is 2. The van der Waals surface area contributed by atoms with E-state index in [-0.39, 0.29) is 17.5 Å². The Labute approximate surface area is 128 Å². The molecule has 1 aromatic carbocycles. The number of para-hydroxylation sites is 1. The molecule has 20 heavy (non-hydrogen) atoms. The van der Waals surface area contributed by atoms with E-state index in [1.165, 1.54) is 0 Å². The first-order valence-corrected chi connectivity index (χ1v) is 7.83. The van der Waals surface area contributed by atoms with Gasteiger partial charge in [0, 0.05) is 6.61 Å².